The van der Waals surface area contributed by atoms with Gasteiger partial charge in [0.2, 0.25) is 0 Å². The third kappa shape index (κ3) is 6.04. The molecule has 2 aromatic rings. The predicted molar refractivity (Wildman–Crippen MR) is 122 cm³/mol. The number of quaternary nitrogens is 1. The van der Waals surface area contributed by atoms with Gasteiger partial charge < -0.3 is 14.5 Å². The van der Waals surface area contributed by atoms with E-state index in [2.05, 4.69) is 43.4 Å². The second-order valence-corrected chi connectivity index (χ2v) is 9.28. The van der Waals surface area contributed by atoms with Crippen LogP contribution in [-0.4, -0.2) is 42.6 Å². The Bertz CT molecular complexity index is 906. The van der Waals surface area contributed by atoms with Gasteiger partial charge in [-0.15, -0.1) is 11.3 Å². The van der Waals surface area contributed by atoms with Crippen molar-refractivity contribution in [2.45, 2.75) is 59.0 Å². The van der Waals surface area contributed by atoms with Crippen LogP contribution in [0.5, 0.6) is 0 Å². The molecule has 2 heterocycles. The number of likely N-dealkylation sites (tertiary alicyclic amines) is 1. The van der Waals surface area contributed by atoms with Crippen LogP contribution in [0.4, 0.5) is 5.69 Å². The van der Waals surface area contributed by atoms with Crippen LogP contribution in [-0.2, 0) is 48.8 Å². The number of ether oxygens (including phenoxy) is 1. The van der Waals surface area contributed by atoms with Crippen molar-refractivity contribution in [2.24, 2.45) is 0 Å². The number of methoxy groups -OCH3 is 1. The molecule has 1 aromatic heterocycles. The number of carbonyl (C=O) groups excluding carboxylic acids is 2. The van der Waals surface area contributed by atoms with Gasteiger partial charge in [0, 0.05) is 44.7 Å². The monoisotopic (exact) mass is 518 g/mol. The van der Waals surface area contributed by atoms with Crippen LogP contribution in [0.1, 0.15) is 59.0 Å². The van der Waals surface area contributed by atoms with Gasteiger partial charge >= 0.3 is 5.97 Å². The zero-order chi connectivity index (χ0) is 21.7. The number of carbonyl (C=O) groups is 2. The summed E-state index contributed by atoms with van der Waals surface area (Å²) in [4.78, 5) is 26.1. The van der Waals surface area contributed by atoms with Gasteiger partial charge in [0.15, 0.2) is 6.04 Å². The second kappa shape index (κ2) is 11.7. The van der Waals surface area contributed by atoms with Crippen LogP contribution < -0.4 is 5.32 Å². The number of hydrogen-bond acceptors (Lipinski definition) is 4. The normalized spacial score (nSPS) is 16.1. The maximum atomic E-state index is 13.5. The molecule has 7 heteroatoms. The van der Waals surface area contributed by atoms with Crippen molar-refractivity contribution in [3.05, 3.63) is 51.2 Å². The number of esters is 1. The van der Waals surface area contributed by atoms with E-state index in [9.17, 15) is 9.59 Å². The molecule has 1 aromatic carbocycles. The summed E-state index contributed by atoms with van der Waals surface area (Å²) in [7, 11) is 1.37. The first-order valence-electron chi connectivity index (χ1n) is 10.8. The minimum Gasteiger partial charge on any atom is -0.465 e. The Morgan fingerprint density at radius 1 is 1.19 bits per heavy atom. The van der Waals surface area contributed by atoms with Crippen molar-refractivity contribution in [3.63, 3.8) is 0 Å². The van der Waals surface area contributed by atoms with Crippen molar-refractivity contribution in [2.75, 3.05) is 25.5 Å². The number of nitrogens with one attached hydrogen (secondary N) is 1. The Balaban J connectivity index is 0.00000341. The van der Waals surface area contributed by atoms with Crippen molar-refractivity contribution < 1.29 is 51.5 Å². The molecule has 1 atom stereocenters. The summed E-state index contributed by atoms with van der Waals surface area (Å²) in [5.41, 5.74) is 4.02. The van der Waals surface area contributed by atoms with E-state index in [1.807, 2.05) is 12.3 Å². The van der Waals surface area contributed by atoms with E-state index in [1.165, 1.54) is 36.0 Å². The number of amides is 1. The molecule has 0 bridgehead atoms. The molecule has 1 aliphatic heterocycles. The van der Waals surface area contributed by atoms with Crippen molar-refractivity contribution >= 4 is 28.9 Å². The van der Waals surface area contributed by atoms with E-state index in [0.29, 0.717) is 10.6 Å². The molecule has 1 fully saturated rings. The number of aryl methyl sites for hydroxylation is 2. The molecule has 165 valence electrons. The number of rotatable bonds is 7. The fourth-order valence-electron chi connectivity index (χ4n) is 4.77. The average Bonchev–Trinajstić information content (AvgIpc) is 3.09. The summed E-state index contributed by atoms with van der Waals surface area (Å²) in [5, 5.41) is 4.99. The van der Waals surface area contributed by atoms with Gasteiger partial charge in [0.05, 0.1) is 25.9 Å². The van der Waals surface area contributed by atoms with Gasteiger partial charge in [0.25, 0.3) is 5.91 Å². The molecule has 5 nitrogen and oxygen atoms in total. The third-order valence-corrected chi connectivity index (χ3v) is 7.31. The van der Waals surface area contributed by atoms with Crippen LogP contribution >= 0.6 is 11.3 Å². The molecular formula is C24H33N2O3SY+. The van der Waals surface area contributed by atoms with Crippen molar-refractivity contribution in [1.82, 2.24) is 0 Å². The fourth-order valence-corrected chi connectivity index (χ4v) is 5.69. The van der Waals surface area contributed by atoms with Crippen molar-refractivity contribution in [1.29, 1.82) is 0 Å². The SMILES string of the molecule is CCC(C(=O)Nc1c(C)csc1C(=O)OC)[N+]1(Cc2cccc(C)c2)CCCCC1.[Y]. The Hall–Kier alpha value is -1.08. The minimum atomic E-state index is -0.405. The van der Waals surface area contributed by atoms with Crippen LogP contribution in [0.3, 0.4) is 0 Å². The summed E-state index contributed by atoms with van der Waals surface area (Å²) in [6, 6.07) is 8.46. The molecule has 1 N–H and O–H groups in total. The molecular weight excluding hydrogens is 485 g/mol. The Kier molecular flexibility index (Phi) is 9.87. The smallest absolute Gasteiger partial charge is 0.350 e. The first-order chi connectivity index (χ1) is 14.4. The number of nitrogens with zero attached hydrogens (tertiary/aromatic N) is 1. The molecule has 1 radical (unpaired) electrons. The van der Waals surface area contributed by atoms with Crippen LogP contribution in [0, 0.1) is 13.8 Å². The van der Waals surface area contributed by atoms with E-state index in [-0.39, 0.29) is 44.7 Å². The maximum Gasteiger partial charge on any atom is 0.350 e. The molecule has 1 aliphatic rings. The Labute approximate surface area is 215 Å². The van der Waals surface area contributed by atoms with Gasteiger partial charge in [-0.3, -0.25) is 4.79 Å². The number of piperidine rings is 1. The van der Waals surface area contributed by atoms with Crippen molar-refractivity contribution in [3.8, 4) is 0 Å². The van der Waals surface area contributed by atoms with Gasteiger partial charge in [-0.1, -0.05) is 36.8 Å². The molecule has 31 heavy (non-hydrogen) atoms. The fraction of sp³-hybridized carbons (Fsp3) is 0.500. The first kappa shape index (κ1) is 26.2. The summed E-state index contributed by atoms with van der Waals surface area (Å²) in [6.45, 7) is 8.99. The number of hydrogen-bond donors (Lipinski definition) is 1. The predicted octanol–water partition coefficient (Wildman–Crippen LogP) is 5.07. The van der Waals surface area contributed by atoms with Crippen LogP contribution in [0.2, 0.25) is 0 Å². The minimum absolute atomic E-state index is 0. The molecule has 0 aliphatic carbocycles. The molecule has 1 saturated heterocycles. The largest absolute Gasteiger partial charge is 0.465 e. The quantitative estimate of drug-likeness (QED) is 0.412. The summed E-state index contributed by atoms with van der Waals surface area (Å²) >= 11 is 1.31. The number of benzene rings is 1. The van der Waals surface area contributed by atoms with Crippen LogP contribution in [0.25, 0.3) is 0 Å². The van der Waals surface area contributed by atoms with E-state index < -0.39 is 5.97 Å². The standard InChI is InChI=1S/C24H32N2O3S.Y/c1-5-20(23(27)25-21-18(3)16-30-22(21)24(28)29-4)26(12-7-6-8-13-26)15-19-11-9-10-17(2)14-19;/h9-11,14,16,20H,5-8,12-13,15H2,1-4H3;/p+1. The Morgan fingerprint density at radius 3 is 2.52 bits per heavy atom. The van der Waals surface area contributed by atoms with Gasteiger partial charge in [-0.05, 0) is 44.1 Å². The molecule has 3 rings (SSSR count). The van der Waals surface area contributed by atoms with Gasteiger partial charge in [0.1, 0.15) is 11.4 Å². The van der Waals surface area contributed by atoms with E-state index >= 15 is 0 Å². The molecule has 0 spiro atoms. The number of thiophene rings is 1. The zero-order valence-electron chi connectivity index (χ0n) is 19.1. The summed E-state index contributed by atoms with van der Waals surface area (Å²) in [6.07, 6.45) is 4.26. The summed E-state index contributed by atoms with van der Waals surface area (Å²) in [5.74, 6) is -0.406. The molecule has 1 unspecified atom stereocenters. The maximum absolute atomic E-state index is 13.5. The van der Waals surface area contributed by atoms with E-state index in [1.54, 1.807) is 0 Å². The average molecular weight is 519 g/mol. The summed E-state index contributed by atoms with van der Waals surface area (Å²) < 4.78 is 5.68. The van der Waals surface area contributed by atoms with E-state index in [0.717, 1.165) is 48.9 Å². The molecule has 1 amide bonds. The van der Waals surface area contributed by atoms with Gasteiger partial charge in [-0.25, -0.2) is 4.79 Å². The zero-order valence-corrected chi connectivity index (χ0v) is 22.7. The Morgan fingerprint density at radius 2 is 1.90 bits per heavy atom. The molecule has 0 saturated carbocycles. The first-order valence-corrected chi connectivity index (χ1v) is 11.7. The van der Waals surface area contributed by atoms with Crippen LogP contribution in [0.15, 0.2) is 29.6 Å². The number of anilines is 1. The second-order valence-electron chi connectivity index (χ2n) is 8.40. The van der Waals surface area contributed by atoms with E-state index in [4.69, 9.17) is 4.74 Å². The third-order valence-electron chi connectivity index (χ3n) is 6.23. The van der Waals surface area contributed by atoms with Gasteiger partial charge in [-0.2, -0.15) is 0 Å². The topological polar surface area (TPSA) is 55.4 Å².